The van der Waals surface area contributed by atoms with Crippen molar-refractivity contribution in [2.24, 2.45) is 0 Å². The molecular weight excluding hydrogens is 388 g/mol. The summed E-state index contributed by atoms with van der Waals surface area (Å²) in [6.45, 7) is 7.74. The second kappa shape index (κ2) is 8.07. The van der Waals surface area contributed by atoms with Crippen LogP contribution in [0.5, 0.6) is 0 Å². The molecule has 0 aliphatic heterocycles. The van der Waals surface area contributed by atoms with Crippen LogP contribution >= 0.6 is 0 Å². The first-order valence-electron chi connectivity index (χ1n) is 10.1. The number of carbonyl (C=O) groups is 1. The van der Waals surface area contributed by atoms with E-state index in [1.165, 1.54) is 5.56 Å². The predicted molar refractivity (Wildman–Crippen MR) is 125 cm³/mol. The molecule has 0 bridgehead atoms. The van der Waals surface area contributed by atoms with Crippen LogP contribution in [0.1, 0.15) is 22.5 Å². The molecule has 1 aromatic heterocycles. The van der Waals surface area contributed by atoms with E-state index < -0.39 is 0 Å². The van der Waals surface area contributed by atoms with Crippen LogP contribution in [0.15, 0.2) is 65.5 Å². The van der Waals surface area contributed by atoms with Gasteiger partial charge in [-0.05, 0) is 86.8 Å². The van der Waals surface area contributed by atoms with Crippen molar-refractivity contribution in [1.82, 2.24) is 9.55 Å². The van der Waals surface area contributed by atoms with Crippen LogP contribution < -0.4 is 16.2 Å². The van der Waals surface area contributed by atoms with Gasteiger partial charge in [0.2, 0.25) is 0 Å². The van der Waals surface area contributed by atoms with E-state index in [-0.39, 0.29) is 11.6 Å². The highest BCUT2D eigenvalue weighted by molar-refractivity contribution is 6.00. The molecule has 3 aromatic carbocycles. The van der Waals surface area contributed by atoms with E-state index in [4.69, 9.17) is 0 Å². The van der Waals surface area contributed by atoms with Crippen molar-refractivity contribution in [2.45, 2.75) is 27.7 Å². The number of carbonyl (C=O) groups excluding carboxylic acids is 1. The molecule has 31 heavy (non-hydrogen) atoms. The van der Waals surface area contributed by atoms with Crippen molar-refractivity contribution < 1.29 is 4.79 Å². The summed E-state index contributed by atoms with van der Waals surface area (Å²) >= 11 is 0. The highest BCUT2D eigenvalue weighted by Gasteiger charge is 2.12. The molecule has 6 heteroatoms. The number of nitrogens with one attached hydrogen (secondary N) is 2. The number of anilines is 2. The molecule has 0 atom stereocenters. The van der Waals surface area contributed by atoms with Gasteiger partial charge in [-0.3, -0.25) is 9.36 Å². The van der Waals surface area contributed by atoms with Crippen LogP contribution in [0.3, 0.4) is 0 Å². The van der Waals surface area contributed by atoms with E-state index in [2.05, 4.69) is 15.6 Å². The maximum Gasteiger partial charge on any atom is 0.323 e. The summed E-state index contributed by atoms with van der Waals surface area (Å²) in [7, 11) is 0. The Morgan fingerprint density at radius 1 is 0.839 bits per heavy atom. The number of aryl methyl sites for hydroxylation is 4. The van der Waals surface area contributed by atoms with Crippen molar-refractivity contribution >= 4 is 28.3 Å². The fraction of sp³-hybridized carbons (Fsp3) is 0.160. The normalized spacial score (nSPS) is 10.8. The number of urea groups is 1. The lowest BCUT2D eigenvalue weighted by Gasteiger charge is -2.14. The number of benzene rings is 3. The number of hydrogen-bond acceptors (Lipinski definition) is 3. The molecule has 0 fully saturated rings. The zero-order valence-corrected chi connectivity index (χ0v) is 18.0. The van der Waals surface area contributed by atoms with E-state index in [0.29, 0.717) is 28.1 Å². The van der Waals surface area contributed by atoms with Crippen molar-refractivity contribution in [3.8, 4) is 5.69 Å². The highest BCUT2D eigenvalue weighted by Crippen LogP contribution is 2.21. The topological polar surface area (TPSA) is 76.0 Å². The molecule has 4 rings (SSSR count). The van der Waals surface area contributed by atoms with E-state index in [0.717, 1.165) is 16.8 Å². The molecule has 1 heterocycles. The van der Waals surface area contributed by atoms with Crippen LogP contribution in [-0.4, -0.2) is 15.6 Å². The molecule has 0 unspecified atom stereocenters. The Kier molecular flexibility index (Phi) is 5.29. The fourth-order valence-corrected chi connectivity index (χ4v) is 3.58. The van der Waals surface area contributed by atoms with E-state index in [1.54, 1.807) is 16.7 Å². The quantitative estimate of drug-likeness (QED) is 0.482. The lowest BCUT2D eigenvalue weighted by Crippen LogP contribution is -2.23. The Balaban J connectivity index is 1.60. The van der Waals surface area contributed by atoms with Crippen LogP contribution in [0.25, 0.3) is 16.6 Å². The number of aromatic nitrogens is 2. The Hall–Kier alpha value is -3.93. The molecule has 0 aliphatic carbocycles. The van der Waals surface area contributed by atoms with Crippen LogP contribution in [0.4, 0.5) is 16.2 Å². The zero-order valence-electron chi connectivity index (χ0n) is 18.0. The molecule has 2 amide bonds. The van der Waals surface area contributed by atoms with Gasteiger partial charge in [-0.15, -0.1) is 0 Å². The lowest BCUT2D eigenvalue weighted by molar-refractivity contribution is 0.262. The summed E-state index contributed by atoms with van der Waals surface area (Å²) in [4.78, 5) is 30.0. The second-order valence-corrected chi connectivity index (χ2v) is 7.69. The van der Waals surface area contributed by atoms with Gasteiger partial charge < -0.3 is 10.6 Å². The van der Waals surface area contributed by atoms with Crippen LogP contribution in [0, 0.1) is 27.7 Å². The lowest BCUT2D eigenvalue weighted by atomic mass is 10.1. The maximum atomic E-state index is 13.0. The van der Waals surface area contributed by atoms with Crippen LogP contribution in [-0.2, 0) is 0 Å². The Morgan fingerprint density at radius 2 is 1.61 bits per heavy atom. The molecule has 0 spiro atoms. The average Bonchev–Trinajstić information content (AvgIpc) is 2.73. The fourth-order valence-electron chi connectivity index (χ4n) is 3.58. The third-order valence-corrected chi connectivity index (χ3v) is 5.42. The van der Waals surface area contributed by atoms with Crippen molar-refractivity contribution in [3.05, 3.63) is 93.5 Å². The largest absolute Gasteiger partial charge is 0.323 e. The summed E-state index contributed by atoms with van der Waals surface area (Å²) in [6.07, 6.45) is 0. The summed E-state index contributed by atoms with van der Waals surface area (Å²) < 4.78 is 1.59. The van der Waals surface area contributed by atoms with E-state index in [1.807, 2.05) is 76.2 Å². The molecule has 0 aliphatic rings. The summed E-state index contributed by atoms with van der Waals surface area (Å²) in [6, 6.07) is 18.3. The zero-order chi connectivity index (χ0) is 22.1. The standard InChI is InChI=1S/C25H24N4O2/c1-15-9-10-19(13-16(15)2)27-25(31)28-22-12-11-20(14-17(22)3)29-18(4)26-23-8-6-5-7-21(23)24(29)30/h5-14H,1-4H3,(H2,27,28,31). The number of amides is 2. The summed E-state index contributed by atoms with van der Waals surface area (Å²) in [5.41, 5.74) is 5.80. The van der Waals surface area contributed by atoms with Gasteiger partial charge >= 0.3 is 6.03 Å². The third-order valence-electron chi connectivity index (χ3n) is 5.42. The van der Waals surface area contributed by atoms with Gasteiger partial charge in [0.15, 0.2) is 0 Å². The minimum atomic E-state index is -0.320. The molecule has 6 nitrogen and oxygen atoms in total. The number of para-hydroxylation sites is 1. The maximum absolute atomic E-state index is 13.0. The molecule has 156 valence electrons. The summed E-state index contributed by atoms with van der Waals surface area (Å²) in [5, 5.41) is 6.30. The first kappa shape index (κ1) is 20.3. The summed E-state index contributed by atoms with van der Waals surface area (Å²) in [5.74, 6) is 0.608. The predicted octanol–water partition coefficient (Wildman–Crippen LogP) is 5.26. The van der Waals surface area contributed by atoms with Gasteiger partial charge in [0, 0.05) is 11.4 Å². The Morgan fingerprint density at radius 3 is 2.35 bits per heavy atom. The van der Waals surface area contributed by atoms with Crippen LogP contribution in [0.2, 0.25) is 0 Å². The molecule has 0 saturated heterocycles. The average molecular weight is 412 g/mol. The first-order chi connectivity index (χ1) is 14.8. The second-order valence-electron chi connectivity index (χ2n) is 7.69. The van der Waals surface area contributed by atoms with Crippen molar-refractivity contribution in [3.63, 3.8) is 0 Å². The van der Waals surface area contributed by atoms with Crippen molar-refractivity contribution in [1.29, 1.82) is 0 Å². The van der Waals surface area contributed by atoms with E-state index in [9.17, 15) is 9.59 Å². The highest BCUT2D eigenvalue weighted by atomic mass is 16.2. The smallest absolute Gasteiger partial charge is 0.308 e. The Labute approximate surface area is 180 Å². The van der Waals surface area contributed by atoms with Gasteiger partial charge in [0.25, 0.3) is 5.56 Å². The van der Waals surface area contributed by atoms with Gasteiger partial charge in [-0.1, -0.05) is 18.2 Å². The molecule has 0 saturated carbocycles. The molecule has 2 N–H and O–H groups in total. The first-order valence-corrected chi connectivity index (χ1v) is 10.1. The van der Waals surface area contributed by atoms with Crippen molar-refractivity contribution in [2.75, 3.05) is 10.6 Å². The van der Waals surface area contributed by atoms with Gasteiger partial charge in [-0.25, -0.2) is 9.78 Å². The van der Waals surface area contributed by atoms with Gasteiger partial charge in [0.05, 0.1) is 16.6 Å². The Bertz CT molecular complexity index is 1370. The number of fused-ring (bicyclic) bond motifs is 1. The molecule has 0 radical (unpaired) electrons. The number of nitrogens with zero attached hydrogens (tertiary/aromatic N) is 2. The molecular formula is C25H24N4O2. The minimum absolute atomic E-state index is 0.115. The minimum Gasteiger partial charge on any atom is -0.308 e. The van der Waals surface area contributed by atoms with Gasteiger partial charge in [0.1, 0.15) is 5.82 Å². The third kappa shape index (κ3) is 4.05. The monoisotopic (exact) mass is 412 g/mol. The molecule has 4 aromatic rings. The van der Waals surface area contributed by atoms with Gasteiger partial charge in [-0.2, -0.15) is 0 Å². The van der Waals surface area contributed by atoms with E-state index >= 15 is 0 Å². The number of hydrogen-bond donors (Lipinski definition) is 2. The number of rotatable bonds is 3. The SMILES string of the molecule is Cc1ccc(NC(=O)Nc2ccc(-n3c(C)nc4ccccc4c3=O)cc2C)cc1C.